The van der Waals surface area contributed by atoms with Gasteiger partial charge >= 0.3 is 0 Å². The molecule has 0 spiro atoms. The highest BCUT2D eigenvalue weighted by Crippen LogP contribution is 2.13. The molecule has 3 nitrogen and oxygen atoms in total. The summed E-state index contributed by atoms with van der Waals surface area (Å²) in [5, 5.41) is 7.13. The van der Waals surface area contributed by atoms with Gasteiger partial charge in [0, 0.05) is 25.2 Å². The van der Waals surface area contributed by atoms with Crippen LogP contribution in [0.4, 0.5) is 0 Å². The largest absolute Gasteiger partial charge is 0.315 e. The zero-order valence-corrected chi connectivity index (χ0v) is 10.0. The molecule has 0 aromatic heterocycles. The van der Waals surface area contributed by atoms with Crippen molar-refractivity contribution >= 4 is 0 Å². The van der Waals surface area contributed by atoms with E-state index in [1.165, 1.54) is 51.9 Å². The van der Waals surface area contributed by atoms with Gasteiger partial charge in [-0.2, -0.15) is 0 Å². The third-order valence-electron chi connectivity index (χ3n) is 3.80. The Balaban J connectivity index is 1.61. The zero-order chi connectivity index (χ0) is 10.6. The van der Waals surface area contributed by atoms with Crippen molar-refractivity contribution in [2.75, 3.05) is 39.3 Å². The third-order valence-corrected chi connectivity index (χ3v) is 3.80. The van der Waals surface area contributed by atoms with Crippen LogP contribution >= 0.6 is 0 Å². The Hall–Kier alpha value is -0.120. The standard InChI is InChI=1S/C12H25N3/c1-12(5-6-13-11-12)14-7-10-15-8-3-2-4-9-15/h13-14H,2-11H2,1H3. The molecule has 88 valence electrons. The molecule has 0 saturated carbocycles. The highest BCUT2D eigenvalue weighted by atomic mass is 15.2. The van der Waals surface area contributed by atoms with Crippen molar-refractivity contribution in [2.45, 2.75) is 38.1 Å². The van der Waals surface area contributed by atoms with E-state index in [2.05, 4.69) is 22.5 Å². The molecular formula is C12H25N3. The molecule has 2 saturated heterocycles. The fraction of sp³-hybridized carbons (Fsp3) is 1.00. The van der Waals surface area contributed by atoms with E-state index >= 15 is 0 Å². The van der Waals surface area contributed by atoms with E-state index in [9.17, 15) is 0 Å². The first-order chi connectivity index (χ1) is 7.29. The zero-order valence-electron chi connectivity index (χ0n) is 10.0. The molecule has 0 aliphatic carbocycles. The van der Waals surface area contributed by atoms with E-state index in [0.29, 0.717) is 5.54 Å². The maximum atomic E-state index is 3.70. The Morgan fingerprint density at radius 3 is 2.73 bits per heavy atom. The van der Waals surface area contributed by atoms with Gasteiger partial charge < -0.3 is 15.5 Å². The predicted molar refractivity (Wildman–Crippen MR) is 64.2 cm³/mol. The minimum Gasteiger partial charge on any atom is -0.315 e. The molecule has 1 atom stereocenters. The molecule has 2 N–H and O–H groups in total. The molecule has 3 heteroatoms. The lowest BCUT2D eigenvalue weighted by Crippen LogP contribution is -2.47. The minimum atomic E-state index is 0.357. The molecule has 0 aromatic carbocycles. The molecule has 2 heterocycles. The summed E-state index contributed by atoms with van der Waals surface area (Å²) >= 11 is 0. The van der Waals surface area contributed by atoms with E-state index < -0.39 is 0 Å². The van der Waals surface area contributed by atoms with Crippen LogP contribution in [0, 0.1) is 0 Å². The number of hydrogen-bond acceptors (Lipinski definition) is 3. The fourth-order valence-corrected chi connectivity index (χ4v) is 2.67. The van der Waals surface area contributed by atoms with Gasteiger partial charge in [0.2, 0.25) is 0 Å². The first-order valence-corrected chi connectivity index (χ1v) is 6.47. The van der Waals surface area contributed by atoms with Gasteiger partial charge in [0.05, 0.1) is 0 Å². The highest BCUT2D eigenvalue weighted by molar-refractivity contribution is 4.91. The average Bonchev–Trinajstić information content (AvgIpc) is 2.67. The maximum Gasteiger partial charge on any atom is 0.0290 e. The summed E-state index contributed by atoms with van der Waals surface area (Å²) in [6.45, 7) is 9.66. The molecule has 2 aliphatic heterocycles. The van der Waals surface area contributed by atoms with Crippen LogP contribution < -0.4 is 10.6 Å². The van der Waals surface area contributed by atoms with Crippen LogP contribution in [0.3, 0.4) is 0 Å². The van der Waals surface area contributed by atoms with Crippen LogP contribution in [0.2, 0.25) is 0 Å². The van der Waals surface area contributed by atoms with Gasteiger partial charge in [0.25, 0.3) is 0 Å². The number of nitrogens with zero attached hydrogens (tertiary/aromatic N) is 1. The average molecular weight is 211 g/mol. The van der Waals surface area contributed by atoms with E-state index in [1.807, 2.05) is 0 Å². The summed E-state index contributed by atoms with van der Waals surface area (Å²) in [5.41, 5.74) is 0.357. The second kappa shape index (κ2) is 5.28. The van der Waals surface area contributed by atoms with Crippen LogP contribution in [0.1, 0.15) is 32.6 Å². The molecule has 0 bridgehead atoms. The quantitative estimate of drug-likeness (QED) is 0.721. The van der Waals surface area contributed by atoms with Crippen molar-refractivity contribution in [3.05, 3.63) is 0 Å². The number of piperidine rings is 1. The van der Waals surface area contributed by atoms with Crippen LogP contribution in [0.25, 0.3) is 0 Å². The van der Waals surface area contributed by atoms with Crippen LogP contribution in [0.15, 0.2) is 0 Å². The Kier molecular flexibility index (Phi) is 4.00. The number of rotatable bonds is 4. The number of hydrogen-bond donors (Lipinski definition) is 2. The summed E-state index contributed by atoms with van der Waals surface area (Å²) in [5.74, 6) is 0. The van der Waals surface area contributed by atoms with Crippen molar-refractivity contribution in [3.8, 4) is 0 Å². The molecule has 0 amide bonds. The van der Waals surface area contributed by atoms with Crippen molar-refractivity contribution in [2.24, 2.45) is 0 Å². The predicted octanol–water partition coefficient (Wildman–Crippen LogP) is 0.814. The van der Waals surface area contributed by atoms with E-state index in [0.717, 1.165) is 13.1 Å². The first-order valence-electron chi connectivity index (χ1n) is 6.47. The van der Waals surface area contributed by atoms with Crippen LogP contribution in [-0.2, 0) is 0 Å². The Morgan fingerprint density at radius 1 is 1.27 bits per heavy atom. The molecule has 2 aliphatic rings. The van der Waals surface area contributed by atoms with Gasteiger partial charge in [0.15, 0.2) is 0 Å². The van der Waals surface area contributed by atoms with Crippen molar-refractivity contribution in [1.82, 2.24) is 15.5 Å². The lowest BCUT2D eigenvalue weighted by atomic mass is 10.0. The van der Waals surface area contributed by atoms with Gasteiger partial charge in [-0.25, -0.2) is 0 Å². The summed E-state index contributed by atoms with van der Waals surface area (Å²) in [7, 11) is 0. The molecule has 0 aromatic rings. The van der Waals surface area contributed by atoms with E-state index in [4.69, 9.17) is 0 Å². The minimum absolute atomic E-state index is 0.357. The van der Waals surface area contributed by atoms with Gasteiger partial charge in [-0.15, -0.1) is 0 Å². The van der Waals surface area contributed by atoms with Crippen molar-refractivity contribution in [1.29, 1.82) is 0 Å². The molecular weight excluding hydrogens is 186 g/mol. The van der Waals surface area contributed by atoms with Gasteiger partial charge in [-0.3, -0.25) is 0 Å². The molecule has 2 fully saturated rings. The lowest BCUT2D eigenvalue weighted by molar-refractivity contribution is 0.220. The van der Waals surface area contributed by atoms with E-state index in [1.54, 1.807) is 0 Å². The van der Waals surface area contributed by atoms with E-state index in [-0.39, 0.29) is 0 Å². The van der Waals surface area contributed by atoms with Crippen molar-refractivity contribution in [3.63, 3.8) is 0 Å². The maximum absolute atomic E-state index is 3.70. The third kappa shape index (κ3) is 3.44. The van der Waals surface area contributed by atoms with Gasteiger partial charge in [-0.1, -0.05) is 6.42 Å². The Bertz CT molecular complexity index is 181. The normalized spacial score (nSPS) is 33.4. The van der Waals surface area contributed by atoms with Crippen molar-refractivity contribution < 1.29 is 0 Å². The lowest BCUT2D eigenvalue weighted by Gasteiger charge is -2.29. The first kappa shape index (κ1) is 11.4. The van der Waals surface area contributed by atoms with Gasteiger partial charge in [0.1, 0.15) is 0 Å². The van der Waals surface area contributed by atoms with Crippen LogP contribution in [-0.4, -0.2) is 49.7 Å². The summed E-state index contributed by atoms with van der Waals surface area (Å²) in [6.07, 6.45) is 5.51. The molecule has 1 unspecified atom stereocenters. The molecule has 0 radical (unpaired) electrons. The summed E-state index contributed by atoms with van der Waals surface area (Å²) in [6, 6.07) is 0. The second-order valence-electron chi connectivity index (χ2n) is 5.32. The summed E-state index contributed by atoms with van der Waals surface area (Å²) < 4.78 is 0. The Morgan fingerprint density at radius 2 is 2.07 bits per heavy atom. The van der Waals surface area contributed by atoms with Crippen LogP contribution in [0.5, 0.6) is 0 Å². The highest BCUT2D eigenvalue weighted by Gasteiger charge is 2.27. The molecule has 15 heavy (non-hydrogen) atoms. The second-order valence-corrected chi connectivity index (χ2v) is 5.32. The monoisotopic (exact) mass is 211 g/mol. The topological polar surface area (TPSA) is 27.3 Å². The number of likely N-dealkylation sites (tertiary alicyclic amines) is 1. The fourth-order valence-electron chi connectivity index (χ4n) is 2.67. The molecule has 2 rings (SSSR count). The van der Waals surface area contributed by atoms with Gasteiger partial charge in [-0.05, 0) is 45.8 Å². The number of nitrogens with one attached hydrogen (secondary N) is 2. The summed E-state index contributed by atoms with van der Waals surface area (Å²) in [4.78, 5) is 2.60. The SMILES string of the molecule is CC1(NCCN2CCCCC2)CCNC1. The Labute approximate surface area is 93.6 Å². The smallest absolute Gasteiger partial charge is 0.0290 e.